The molecule has 0 aliphatic heterocycles. The van der Waals surface area contributed by atoms with Gasteiger partial charge in [-0.3, -0.25) is 9.48 Å². The fraction of sp³-hybridized carbons (Fsp3) is 0.111. The first kappa shape index (κ1) is 15.3. The van der Waals surface area contributed by atoms with Crippen LogP contribution in [0.25, 0.3) is 17.4 Å². The molecule has 3 aromatic rings. The summed E-state index contributed by atoms with van der Waals surface area (Å²) in [5.74, 6) is 1.15. The standard InChI is InChI=1S/C18H15ClN2O2/c1-2-21-16(11-12-20-21)17(22)9-7-13-8-10-18(23-13)14-5-3-4-6-15(14)19/h3-12H,2H2,1H3. The van der Waals surface area contributed by atoms with Gasteiger partial charge in [0.2, 0.25) is 5.78 Å². The lowest BCUT2D eigenvalue weighted by atomic mass is 10.2. The molecule has 1 aromatic carbocycles. The number of carbonyl (C=O) groups excluding carboxylic acids is 1. The van der Waals surface area contributed by atoms with Gasteiger partial charge in [0.1, 0.15) is 17.2 Å². The lowest BCUT2D eigenvalue weighted by molar-refractivity contribution is 0.103. The van der Waals surface area contributed by atoms with E-state index in [1.165, 1.54) is 6.08 Å². The molecule has 0 amide bonds. The van der Waals surface area contributed by atoms with Gasteiger partial charge in [-0.05, 0) is 49.4 Å². The van der Waals surface area contributed by atoms with Crippen molar-refractivity contribution in [2.75, 3.05) is 0 Å². The number of benzene rings is 1. The molecule has 2 aromatic heterocycles. The number of aromatic nitrogens is 2. The van der Waals surface area contributed by atoms with Gasteiger partial charge in [0, 0.05) is 18.3 Å². The maximum Gasteiger partial charge on any atom is 0.203 e. The van der Waals surface area contributed by atoms with Crippen molar-refractivity contribution in [3.05, 3.63) is 71.2 Å². The van der Waals surface area contributed by atoms with E-state index in [2.05, 4.69) is 5.10 Å². The van der Waals surface area contributed by atoms with Crippen molar-refractivity contribution in [1.82, 2.24) is 9.78 Å². The second-order valence-electron chi connectivity index (χ2n) is 4.91. The van der Waals surface area contributed by atoms with Gasteiger partial charge in [-0.15, -0.1) is 0 Å². The number of nitrogens with zero attached hydrogens (tertiary/aromatic N) is 2. The van der Waals surface area contributed by atoms with E-state index in [0.717, 1.165) is 5.56 Å². The molecule has 0 aliphatic carbocycles. The molecule has 116 valence electrons. The van der Waals surface area contributed by atoms with Gasteiger partial charge in [-0.1, -0.05) is 23.7 Å². The molecule has 5 heteroatoms. The number of halogens is 1. The molecule has 0 radical (unpaired) electrons. The number of hydrogen-bond donors (Lipinski definition) is 0. The van der Waals surface area contributed by atoms with E-state index < -0.39 is 0 Å². The van der Waals surface area contributed by atoms with E-state index in [-0.39, 0.29) is 5.78 Å². The lowest BCUT2D eigenvalue weighted by Gasteiger charge is -2.00. The molecule has 0 N–H and O–H groups in total. The minimum atomic E-state index is -0.111. The van der Waals surface area contributed by atoms with Crippen molar-refractivity contribution >= 4 is 23.5 Å². The molecular formula is C18H15ClN2O2. The molecule has 0 bridgehead atoms. The number of rotatable bonds is 5. The Kier molecular flexibility index (Phi) is 4.44. The Balaban J connectivity index is 1.79. The van der Waals surface area contributed by atoms with Gasteiger partial charge >= 0.3 is 0 Å². The van der Waals surface area contributed by atoms with Gasteiger partial charge in [0.15, 0.2) is 0 Å². The van der Waals surface area contributed by atoms with Crippen molar-refractivity contribution in [2.45, 2.75) is 13.5 Å². The average Bonchev–Trinajstić information content (AvgIpc) is 3.22. The van der Waals surface area contributed by atoms with Crippen LogP contribution in [-0.2, 0) is 6.54 Å². The minimum absolute atomic E-state index is 0.111. The van der Waals surface area contributed by atoms with Crippen molar-refractivity contribution < 1.29 is 9.21 Å². The third-order valence-corrected chi connectivity index (χ3v) is 3.76. The quantitative estimate of drug-likeness (QED) is 0.504. The van der Waals surface area contributed by atoms with Gasteiger partial charge in [0.25, 0.3) is 0 Å². The molecule has 0 saturated carbocycles. The van der Waals surface area contributed by atoms with Crippen molar-refractivity contribution in [3.8, 4) is 11.3 Å². The Morgan fingerprint density at radius 3 is 2.87 bits per heavy atom. The largest absolute Gasteiger partial charge is 0.457 e. The average molecular weight is 327 g/mol. The maximum atomic E-state index is 12.2. The summed E-state index contributed by atoms with van der Waals surface area (Å²) in [4.78, 5) is 12.2. The zero-order valence-electron chi connectivity index (χ0n) is 12.6. The summed E-state index contributed by atoms with van der Waals surface area (Å²) in [5, 5.41) is 4.71. The van der Waals surface area contributed by atoms with Crippen LogP contribution in [0.2, 0.25) is 5.02 Å². The molecule has 0 spiro atoms. The van der Waals surface area contributed by atoms with Crippen LogP contribution < -0.4 is 0 Å². The number of ketones is 1. The molecule has 0 fully saturated rings. The summed E-state index contributed by atoms with van der Waals surface area (Å²) in [5.41, 5.74) is 1.38. The van der Waals surface area contributed by atoms with E-state index in [4.69, 9.17) is 16.0 Å². The number of carbonyl (C=O) groups is 1. The first-order valence-electron chi connectivity index (χ1n) is 7.28. The third-order valence-electron chi connectivity index (χ3n) is 3.43. The summed E-state index contributed by atoms with van der Waals surface area (Å²) < 4.78 is 7.39. The molecule has 4 nitrogen and oxygen atoms in total. The van der Waals surface area contributed by atoms with Crippen LogP contribution in [0.1, 0.15) is 23.2 Å². The fourth-order valence-corrected chi connectivity index (χ4v) is 2.51. The Labute approximate surface area is 139 Å². The maximum absolute atomic E-state index is 12.2. The molecule has 0 saturated heterocycles. The van der Waals surface area contributed by atoms with Crippen molar-refractivity contribution in [2.24, 2.45) is 0 Å². The molecule has 3 rings (SSSR count). The van der Waals surface area contributed by atoms with Crippen LogP contribution in [-0.4, -0.2) is 15.6 Å². The van der Waals surface area contributed by atoms with Crippen molar-refractivity contribution in [3.63, 3.8) is 0 Å². The smallest absolute Gasteiger partial charge is 0.203 e. The second kappa shape index (κ2) is 6.67. The zero-order valence-corrected chi connectivity index (χ0v) is 13.3. The van der Waals surface area contributed by atoms with E-state index in [1.54, 1.807) is 29.1 Å². The summed E-state index contributed by atoms with van der Waals surface area (Å²) in [6.07, 6.45) is 4.75. The Bertz CT molecular complexity index is 861. The Morgan fingerprint density at radius 1 is 1.26 bits per heavy atom. The highest BCUT2D eigenvalue weighted by atomic mass is 35.5. The van der Waals surface area contributed by atoms with E-state index in [1.807, 2.05) is 37.3 Å². The molecule has 0 atom stereocenters. The van der Waals surface area contributed by atoms with Gasteiger partial charge in [0.05, 0.1) is 5.02 Å². The normalized spacial score (nSPS) is 11.2. The Hall–Kier alpha value is -2.59. The number of aryl methyl sites for hydroxylation is 1. The number of furan rings is 1. The highest BCUT2D eigenvalue weighted by Gasteiger charge is 2.09. The topological polar surface area (TPSA) is 48.0 Å². The van der Waals surface area contributed by atoms with Gasteiger partial charge in [-0.25, -0.2) is 0 Å². The summed E-state index contributed by atoms with van der Waals surface area (Å²) >= 11 is 6.15. The second-order valence-corrected chi connectivity index (χ2v) is 5.32. The lowest BCUT2D eigenvalue weighted by Crippen LogP contribution is -2.07. The van der Waals surface area contributed by atoms with E-state index in [0.29, 0.717) is 28.8 Å². The molecule has 0 aliphatic rings. The molecule has 0 unspecified atom stereocenters. The van der Waals surface area contributed by atoms with E-state index in [9.17, 15) is 4.79 Å². The first-order valence-corrected chi connectivity index (χ1v) is 7.66. The molecule has 23 heavy (non-hydrogen) atoms. The van der Waals surface area contributed by atoms with Crippen LogP contribution in [0, 0.1) is 0 Å². The minimum Gasteiger partial charge on any atom is -0.457 e. The first-order chi connectivity index (χ1) is 11.2. The number of hydrogen-bond acceptors (Lipinski definition) is 3. The monoisotopic (exact) mass is 326 g/mol. The van der Waals surface area contributed by atoms with Crippen LogP contribution in [0.4, 0.5) is 0 Å². The highest BCUT2D eigenvalue weighted by Crippen LogP contribution is 2.29. The van der Waals surface area contributed by atoms with Gasteiger partial charge < -0.3 is 4.42 Å². The summed E-state index contributed by atoms with van der Waals surface area (Å²) in [6.45, 7) is 2.59. The Morgan fingerprint density at radius 2 is 2.09 bits per heavy atom. The SMILES string of the molecule is CCn1nccc1C(=O)C=Cc1ccc(-c2ccccc2Cl)o1. The third kappa shape index (κ3) is 3.27. The number of allylic oxidation sites excluding steroid dienone is 1. The molecular weight excluding hydrogens is 312 g/mol. The predicted molar refractivity (Wildman–Crippen MR) is 90.4 cm³/mol. The van der Waals surface area contributed by atoms with Crippen LogP contribution in [0.5, 0.6) is 0 Å². The fourth-order valence-electron chi connectivity index (χ4n) is 2.29. The van der Waals surface area contributed by atoms with Crippen LogP contribution in [0.3, 0.4) is 0 Å². The van der Waals surface area contributed by atoms with Crippen LogP contribution in [0.15, 0.2) is 59.2 Å². The summed E-state index contributed by atoms with van der Waals surface area (Å²) in [6, 6.07) is 12.8. The summed E-state index contributed by atoms with van der Waals surface area (Å²) in [7, 11) is 0. The van der Waals surface area contributed by atoms with Crippen LogP contribution >= 0.6 is 11.6 Å². The zero-order chi connectivity index (χ0) is 16.2. The van der Waals surface area contributed by atoms with Gasteiger partial charge in [-0.2, -0.15) is 5.10 Å². The molecule has 2 heterocycles. The van der Waals surface area contributed by atoms with E-state index >= 15 is 0 Å². The van der Waals surface area contributed by atoms with Crippen molar-refractivity contribution in [1.29, 1.82) is 0 Å². The predicted octanol–water partition coefficient (Wildman–Crippen LogP) is 4.71. The highest BCUT2D eigenvalue weighted by molar-refractivity contribution is 6.33.